The Morgan fingerprint density at radius 1 is 1.40 bits per heavy atom. The SMILES string of the molecule is C[NH2+]CCN1CCOCC1. The average Bonchev–Trinajstić information content (AvgIpc) is 2.03. The molecule has 0 aromatic carbocycles. The summed E-state index contributed by atoms with van der Waals surface area (Å²) in [6.45, 7) is 6.50. The summed E-state index contributed by atoms with van der Waals surface area (Å²) in [4.78, 5) is 2.45. The Bertz CT molecular complexity index is 81.7. The summed E-state index contributed by atoms with van der Waals surface area (Å²) in [6, 6.07) is 0. The highest BCUT2D eigenvalue weighted by Crippen LogP contribution is 1.93. The maximum Gasteiger partial charge on any atom is 0.0882 e. The number of hydrogen-bond donors (Lipinski definition) is 1. The molecule has 3 heteroatoms. The zero-order valence-electron chi connectivity index (χ0n) is 6.68. The summed E-state index contributed by atoms with van der Waals surface area (Å²) in [7, 11) is 2.11. The highest BCUT2D eigenvalue weighted by atomic mass is 16.5. The second-order valence-corrected chi connectivity index (χ2v) is 2.65. The molecule has 1 aliphatic heterocycles. The molecule has 0 spiro atoms. The molecule has 0 aromatic heterocycles. The highest BCUT2D eigenvalue weighted by molar-refractivity contribution is 4.59. The predicted molar refractivity (Wildman–Crippen MR) is 40.0 cm³/mol. The van der Waals surface area contributed by atoms with Crippen molar-refractivity contribution in [2.45, 2.75) is 0 Å². The molecule has 0 aromatic rings. The van der Waals surface area contributed by atoms with Crippen LogP contribution in [0.25, 0.3) is 0 Å². The molecule has 0 atom stereocenters. The molecule has 0 aliphatic carbocycles. The van der Waals surface area contributed by atoms with E-state index in [1.165, 1.54) is 13.1 Å². The topological polar surface area (TPSA) is 29.1 Å². The first-order valence-electron chi connectivity index (χ1n) is 4.01. The van der Waals surface area contributed by atoms with E-state index < -0.39 is 0 Å². The minimum Gasteiger partial charge on any atom is -0.379 e. The van der Waals surface area contributed by atoms with Crippen molar-refractivity contribution in [3.63, 3.8) is 0 Å². The zero-order valence-corrected chi connectivity index (χ0v) is 6.68. The number of likely N-dealkylation sites (N-methyl/N-ethyl adjacent to an activating group) is 1. The predicted octanol–water partition coefficient (Wildman–Crippen LogP) is -1.49. The first kappa shape index (κ1) is 7.98. The van der Waals surface area contributed by atoms with Crippen molar-refractivity contribution in [2.24, 2.45) is 0 Å². The quantitative estimate of drug-likeness (QED) is 0.524. The van der Waals surface area contributed by atoms with Crippen molar-refractivity contribution in [2.75, 3.05) is 46.4 Å². The van der Waals surface area contributed by atoms with Crippen molar-refractivity contribution < 1.29 is 10.1 Å². The lowest BCUT2D eigenvalue weighted by Gasteiger charge is -2.25. The van der Waals surface area contributed by atoms with Crippen molar-refractivity contribution >= 4 is 0 Å². The van der Waals surface area contributed by atoms with Gasteiger partial charge in [-0.1, -0.05) is 0 Å². The van der Waals surface area contributed by atoms with Crippen molar-refractivity contribution in [1.29, 1.82) is 0 Å². The van der Waals surface area contributed by atoms with E-state index in [0.29, 0.717) is 0 Å². The first-order chi connectivity index (χ1) is 4.93. The molecule has 0 bridgehead atoms. The Kier molecular flexibility index (Phi) is 3.72. The van der Waals surface area contributed by atoms with Gasteiger partial charge in [0.05, 0.1) is 26.8 Å². The van der Waals surface area contributed by atoms with Gasteiger partial charge in [0.2, 0.25) is 0 Å². The monoisotopic (exact) mass is 145 g/mol. The molecule has 1 aliphatic rings. The highest BCUT2D eigenvalue weighted by Gasteiger charge is 2.08. The smallest absolute Gasteiger partial charge is 0.0882 e. The van der Waals surface area contributed by atoms with E-state index in [4.69, 9.17) is 4.74 Å². The van der Waals surface area contributed by atoms with E-state index in [0.717, 1.165) is 26.3 Å². The van der Waals surface area contributed by atoms with Crippen LogP contribution in [0.4, 0.5) is 0 Å². The molecule has 10 heavy (non-hydrogen) atoms. The van der Waals surface area contributed by atoms with Crippen LogP contribution in [0.1, 0.15) is 0 Å². The molecular weight excluding hydrogens is 128 g/mol. The third-order valence-electron chi connectivity index (χ3n) is 1.84. The van der Waals surface area contributed by atoms with Gasteiger partial charge >= 0.3 is 0 Å². The van der Waals surface area contributed by atoms with Gasteiger partial charge in [0.15, 0.2) is 0 Å². The molecule has 1 fully saturated rings. The third-order valence-corrected chi connectivity index (χ3v) is 1.84. The Morgan fingerprint density at radius 3 is 2.70 bits per heavy atom. The van der Waals surface area contributed by atoms with Gasteiger partial charge in [-0.15, -0.1) is 0 Å². The van der Waals surface area contributed by atoms with Crippen LogP contribution in [0, 0.1) is 0 Å². The number of quaternary nitrogens is 1. The van der Waals surface area contributed by atoms with Gasteiger partial charge in [-0.25, -0.2) is 0 Å². The van der Waals surface area contributed by atoms with E-state index in [1.807, 2.05) is 0 Å². The molecule has 3 nitrogen and oxygen atoms in total. The molecule has 0 amide bonds. The number of nitrogens with two attached hydrogens (primary N) is 1. The Labute approximate surface area is 62.3 Å². The molecule has 0 saturated carbocycles. The molecule has 0 unspecified atom stereocenters. The summed E-state index contributed by atoms with van der Waals surface area (Å²) in [5, 5.41) is 2.22. The van der Waals surface area contributed by atoms with E-state index in [9.17, 15) is 0 Å². The Hall–Kier alpha value is -0.120. The number of nitrogens with zero attached hydrogens (tertiary/aromatic N) is 1. The number of hydrogen-bond acceptors (Lipinski definition) is 2. The lowest BCUT2D eigenvalue weighted by atomic mass is 10.4. The largest absolute Gasteiger partial charge is 0.379 e. The van der Waals surface area contributed by atoms with Crippen LogP contribution in [0.3, 0.4) is 0 Å². The van der Waals surface area contributed by atoms with Crippen LogP contribution in [0.15, 0.2) is 0 Å². The standard InChI is InChI=1S/C7H16N2O/c1-8-2-3-9-4-6-10-7-5-9/h8H,2-7H2,1H3/p+1. The molecule has 0 radical (unpaired) electrons. The van der Waals surface area contributed by atoms with Gasteiger partial charge in [-0.05, 0) is 0 Å². The second-order valence-electron chi connectivity index (χ2n) is 2.65. The van der Waals surface area contributed by atoms with Gasteiger partial charge in [-0.2, -0.15) is 0 Å². The number of rotatable bonds is 3. The first-order valence-corrected chi connectivity index (χ1v) is 4.01. The second kappa shape index (κ2) is 4.66. The van der Waals surface area contributed by atoms with Crippen LogP contribution in [0.2, 0.25) is 0 Å². The van der Waals surface area contributed by atoms with Crippen LogP contribution < -0.4 is 5.32 Å². The van der Waals surface area contributed by atoms with Gasteiger partial charge in [-0.3, -0.25) is 4.90 Å². The maximum atomic E-state index is 5.23. The van der Waals surface area contributed by atoms with Crippen molar-refractivity contribution in [1.82, 2.24) is 4.90 Å². The minimum atomic E-state index is 0.920. The number of morpholine rings is 1. The fourth-order valence-corrected chi connectivity index (χ4v) is 1.14. The minimum absolute atomic E-state index is 0.920. The zero-order chi connectivity index (χ0) is 7.23. The maximum absolute atomic E-state index is 5.23. The third kappa shape index (κ3) is 2.64. The lowest BCUT2D eigenvalue weighted by molar-refractivity contribution is -0.626. The molecule has 1 saturated heterocycles. The van der Waals surface area contributed by atoms with Crippen molar-refractivity contribution in [3.8, 4) is 0 Å². The van der Waals surface area contributed by atoms with Crippen LogP contribution in [0.5, 0.6) is 0 Å². The molecule has 60 valence electrons. The van der Waals surface area contributed by atoms with E-state index in [1.54, 1.807) is 0 Å². The summed E-state index contributed by atoms with van der Waals surface area (Å²) in [5.41, 5.74) is 0. The van der Waals surface area contributed by atoms with Gasteiger partial charge < -0.3 is 10.1 Å². The van der Waals surface area contributed by atoms with Crippen LogP contribution >= 0.6 is 0 Å². The van der Waals surface area contributed by atoms with Crippen molar-refractivity contribution in [3.05, 3.63) is 0 Å². The van der Waals surface area contributed by atoms with E-state index >= 15 is 0 Å². The summed E-state index contributed by atoms with van der Waals surface area (Å²) in [6.07, 6.45) is 0. The normalized spacial score (nSPS) is 21.3. The van der Waals surface area contributed by atoms with E-state index in [-0.39, 0.29) is 0 Å². The fourth-order valence-electron chi connectivity index (χ4n) is 1.14. The Balaban J connectivity index is 2.02. The summed E-state index contributed by atoms with van der Waals surface area (Å²) < 4.78 is 5.23. The van der Waals surface area contributed by atoms with E-state index in [2.05, 4.69) is 17.3 Å². The molecule has 2 N–H and O–H groups in total. The van der Waals surface area contributed by atoms with Gasteiger partial charge in [0, 0.05) is 19.6 Å². The molecular formula is C7H17N2O+. The Morgan fingerprint density at radius 2 is 2.10 bits per heavy atom. The van der Waals surface area contributed by atoms with Crippen LogP contribution in [-0.2, 0) is 4.74 Å². The summed E-state index contributed by atoms with van der Waals surface area (Å²) >= 11 is 0. The van der Waals surface area contributed by atoms with Gasteiger partial charge in [0.1, 0.15) is 0 Å². The lowest BCUT2D eigenvalue weighted by Crippen LogP contribution is -2.81. The van der Waals surface area contributed by atoms with Gasteiger partial charge in [0.25, 0.3) is 0 Å². The van der Waals surface area contributed by atoms with Crippen LogP contribution in [-0.4, -0.2) is 51.3 Å². The number of ether oxygens (including phenoxy) is 1. The molecule has 1 heterocycles. The fraction of sp³-hybridized carbons (Fsp3) is 1.00. The average molecular weight is 145 g/mol. The molecule has 1 rings (SSSR count). The summed E-state index contributed by atoms with van der Waals surface area (Å²) in [5.74, 6) is 0.